The van der Waals surface area contributed by atoms with Gasteiger partial charge in [0.25, 0.3) is 5.91 Å². The molecule has 0 aliphatic carbocycles. The van der Waals surface area contributed by atoms with Crippen molar-refractivity contribution in [1.82, 2.24) is 9.88 Å². The van der Waals surface area contributed by atoms with Crippen LogP contribution in [0.5, 0.6) is 0 Å². The van der Waals surface area contributed by atoms with Gasteiger partial charge in [0.1, 0.15) is 5.69 Å². The van der Waals surface area contributed by atoms with E-state index in [1.165, 1.54) is 5.56 Å². The van der Waals surface area contributed by atoms with E-state index in [0.29, 0.717) is 5.69 Å². The maximum absolute atomic E-state index is 12.4. The van der Waals surface area contributed by atoms with E-state index in [-0.39, 0.29) is 17.4 Å². The number of nitrogens with zero attached hydrogens (tertiary/aromatic N) is 2. The van der Waals surface area contributed by atoms with Gasteiger partial charge in [0.05, 0.1) is 12.7 Å². The monoisotopic (exact) mass is 308 g/mol. The summed E-state index contributed by atoms with van der Waals surface area (Å²) in [5.74, 6) is 0.0303. The molecule has 1 aromatic carbocycles. The van der Waals surface area contributed by atoms with Crippen LogP contribution in [-0.4, -0.2) is 41.6 Å². The molecule has 4 nitrogen and oxygen atoms in total. The summed E-state index contributed by atoms with van der Waals surface area (Å²) in [4.78, 5) is 18.4. The minimum Gasteiger partial charge on any atom is -0.377 e. The highest BCUT2D eigenvalue weighted by atomic mass is 16.5. The summed E-state index contributed by atoms with van der Waals surface area (Å²) in [7, 11) is 0. The molecule has 4 heteroatoms. The number of hydrogen-bond donors (Lipinski definition) is 0. The molecule has 3 heterocycles. The first kappa shape index (κ1) is 14.4. The van der Waals surface area contributed by atoms with Gasteiger partial charge in [0, 0.05) is 24.7 Å². The van der Waals surface area contributed by atoms with E-state index in [9.17, 15) is 4.79 Å². The van der Waals surface area contributed by atoms with Gasteiger partial charge in [-0.15, -0.1) is 0 Å². The van der Waals surface area contributed by atoms with E-state index in [4.69, 9.17) is 4.74 Å². The largest absolute Gasteiger partial charge is 0.377 e. The second kappa shape index (κ2) is 5.78. The van der Waals surface area contributed by atoms with Crippen LogP contribution >= 0.6 is 0 Å². The molecule has 1 aromatic heterocycles. The summed E-state index contributed by atoms with van der Waals surface area (Å²) >= 11 is 0. The minimum absolute atomic E-state index is 0.0303. The van der Waals surface area contributed by atoms with Crippen LogP contribution in [0, 0.1) is 5.41 Å². The molecule has 0 bridgehead atoms. The normalized spacial score (nSPS) is 22.1. The fourth-order valence-electron chi connectivity index (χ4n) is 3.68. The van der Waals surface area contributed by atoms with Gasteiger partial charge in [-0.1, -0.05) is 36.4 Å². The van der Waals surface area contributed by atoms with Gasteiger partial charge in [-0.05, 0) is 30.5 Å². The first-order valence-electron chi connectivity index (χ1n) is 8.10. The van der Waals surface area contributed by atoms with Gasteiger partial charge >= 0.3 is 0 Å². The van der Waals surface area contributed by atoms with Crippen LogP contribution in [0.1, 0.15) is 22.5 Å². The summed E-state index contributed by atoms with van der Waals surface area (Å²) in [6.45, 7) is 2.33. The van der Waals surface area contributed by atoms with Crippen LogP contribution in [0.4, 0.5) is 0 Å². The molecule has 0 radical (unpaired) electrons. The topological polar surface area (TPSA) is 42.4 Å². The van der Waals surface area contributed by atoms with Crippen molar-refractivity contribution in [1.29, 1.82) is 0 Å². The van der Waals surface area contributed by atoms with Gasteiger partial charge in [0.15, 0.2) is 0 Å². The van der Waals surface area contributed by atoms with E-state index < -0.39 is 0 Å². The lowest BCUT2D eigenvalue weighted by atomic mass is 9.77. The van der Waals surface area contributed by atoms with Crippen LogP contribution in [-0.2, 0) is 11.2 Å². The smallest absolute Gasteiger partial charge is 0.272 e. The summed E-state index contributed by atoms with van der Waals surface area (Å²) < 4.78 is 5.99. The molecule has 2 aromatic rings. The first-order chi connectivity index (χ1) is 11.2. The zero-order valence-corrected chi connectivity index (χ0v) is 13.0. The lowest BCUT2D eigenvalue weighted by Crippen LogP contribution is -2.59. The average Bonchev–Trinajstić information content (AvgIpc) is 2.99. The number of likely N-dealkylation sites (tertiary alicyclic amines) is 1. The van der Waals surface area contributed by atoms with Crippen molar-refractivity contribution in [3.8, 4) is 0 Å². The van der Waals surface area contributed by atoms with Crippen molar-refractivity contribution in [3.05, 3.63) is 66.0 Å². The molecule has 0 N–H and O–H groups in total. The van der Waals surface area contributed by atoms with Crippen molar-refractivity contribution in [3.63, 3.8) is 0 Å². The van der Waals surface area contributed by atoms with E-state index >= 15 is 0 Å². The zero-order valence-electron chi connectivity index (χ0n) is 13.0. The van der Waals surface area contributed by atoms with Crippen molar-refractivity contribution in [2.75, 3.05) is 19.7 Å². The third-order valence-electron chi connectivity index (χ3n) is 4.82. The molecule has 1 atom stereocenters. The Hall–Kier alpha value is -2.20. The second-order valence-corrected chi connectivity index (χ2v) is 6.70. The molecule has 0 unspecified atom stereocenters. The fraction of sp³-hybridized carbons (Fsp3) is 0.368. The number of hydrogen-bond acceptors (Lipinski definition) is 3. The third-order valence-corrected chi connectivity index (χ3v) is 4.82. The Morgan fingerprint density at radius 2 is 1.96 bits per heavy atom. The zero-order chi connectivity index (χ0) is 15.7. The van der Waals surface area contributed by atoms with Crippen molar-refractivity contribution >= 4 is 5.91 Å². The van der Waals surface area contributed by atoms with Crippen molar-refractivity contribution < 1.29 is 9.53 Å². The molecule has 2 saturated heterocycles. The molecule has 4 rings (SSSR count). The molecule has 1 amide bonds. The van der Waals surface area contributed by atoms with Crippen molar-refractivity contribution in [2.24, 2.45) is 5.41 Å². The highest BCUT2D eigenvalue weighted by Crippen LogP contribution is 2.42. The van der Waals surface area contributed by atoms with Crippen molar-refractivity contribution in [2.45, 2.75) is 18.9 Å². The Balaban J connectivity index is 1.34. The molecular formula is C19H20N2O2. The molecule has 2 aliphatic heterocycles. The Kier molecular flexibility index (Phi) is 3.62. The molecule has 0 saturated carbocycles. The number of carbonyl (C=O) groups is 1. The summed E-state index contributed by atoms with van der Waals surface area (Å²) in [6, 6.07) is 15.9. The molecular weight excluding hydrogens is 288 g/mol. The standard InChI is InChI=1S/C19H20N2O2/c22-18(17-8-4-5-9-20-17)21-12-19(13-21)11-16(23-14-19)10-15-6-2-1-3-7-15/h1-9,16H,10-14H2/t16-/m0/s1. The lowest BCUT2D eigenvalue weighted by molar-refractivity contribution is -0.00172. The van der Waals surface area contributed by atoms with Gasteiger partial charge in [-0.2, -0.15) is 0 Å². The SMILES string of the molecule is O=C(c1ccccn1)N1CC2(CO[C@@H](Cc3ccccc3)C2)C1. The Labute approximate surface area is 136 Å². The quantitative estimate of drug-likeness (QED) is 0.875. The highest BCUT2D eigenvalue weighted by Gasteiger charge is 2.50. The Morgan fingerprint density at radius 3 is 2.70 bits per heavy atom. The fourth-order valence-corrected chi connectivity index (χ4v) is 3.68. The molecule has 2 aliphatic rings. The summed E-state index contributed by atoms with van der Waals surface area (Å²) in [5, 5.41) is 0. The number of pyridine rings is 1. The number of benzene rings is 1. The Bertz CT molecular complexity index is 681. The van der Waals surface area contributed by atoms with E-state index in [1.54, 1.807) is 12.3 Å². The second-order valence-electron chi connectivity index (χ2n) is 6.70. The number of rotatable bonds is 3. The molecule has 2 fully saturated rings. The van der Waals surface area contributed by atoms with Crippen LogP contribution in [0.25, 0.3) is 0 Å². The van der Waals surface area contributed by atoms with Crippen LogP contribution < -0.4 is 0 Å². The van der Waals surface area contributed by atoms with Crippen LogP contribution in [0.3, 0.4) is 0 Å². The van der Waals surface area contributed by atoms with Gasteiger partial charge in [-0.25, -0.2) is 0 Å². The highest BCUT2D eigenvalue weighted by molar-refractivity contribution is 5.92. The van der Waals surface area contributed by atoms with E-state index in [2.05, 4.69) is 29.2 Å². The maximum Gasteiger partial charge on any atom is 0.272 e. The van der Waals surface area contributed by atoms with E-state index in [0.717, 1.165) is 32.5 Å². The number of amides is 1. The first-order valence-corrected chi connectivity index (χ1v) is 8.10. The summed E-state index contributed by atoms with van der Waals surface area (Å²) in [5.41, 5.74) is 2.00. The number of carbonyl (C=O) groups excluding carboxylic acids is 1. The summed E-state index contributed by atoms with van der Waals surface area (Å²) in [6.07, 6.45) is 3.92. The van der Waals surface area contributed by atoms with Crippen LogP contribution in [0.15, 0.2) is 54.7 Å². The van der Waals surface area contributed by atoms with Gasteiger partial charge < -0.3 is 9.64 Å². The molecule has 118 valence electrons. The predicted molar refractivity (Wildman–Crippen MR) is 87.1 cm³/mol. The van der Waals surface area contributed by atoms with Gasteiger partial charge in [0.2, 0.25) is 0 Å². The van der Waals surface area contributed by atoms with Crippen LogP contribution in [0.2, 0.25) is 0 Å². The minimum atomic E-state index is 0.0303. The average molecular weight is 308 g/mol. The Morgan fingerprint density at radius 1 is 1.17 bits per heavy atom. The maximum atomic E-state index is 12.4. The van der Waals surface area contributed by atoms with Gasteiger partial charge in [-0.3, -0.25) is 9.78 Å². The number of ether oxygens (including phenoxy) is 1. The lowest BCUT2D eigenvalue weighted by Gasteiger charge is -2.47. The molecule has 23 heavy (non-hydrogen) atoms. The number of aromatic nitrogens is 1. The van der Waals surface area contributed by atoms with E-state index in [1.807, 2.05) is 23.1 Å². The third kappa shape index (κ3) is 2.86. The predicted octanol–water partition coefficient (Wildman–Crippen LogP) is 2.56. The molecule has 1 spiro atoms.